The highest BCUT2D eigenvalue weighted by Gasteiger charge is 2.18. The van der Waals surface area contributed by atoms with Crippen LogP contribution >= 0.6 is 11.3 Å². The number of nitrogens with zero attached hydrogens (tertiary/aromatic N) is 1. The molecule has 3 rings (SSSR count). The molecule has 1 N–H and O–H groups in total. The van der Waals surface area contributed by atoms with Gasteiger partial charge < -0.3 is 14.6 Å². The summed E-state index contributed by atoms with van der Waals surface area (Å²) >= 11 is 1.14. The number of carboxylic acid groups (broad SMARTS) is 1. The Hall–Kier alpha value is -2.93. The maximum Gasteiger partial charge on any atom is 0.347 e. The highest BCUT2D eigenvalue weighted by atomic mass is 32.1. The number of benzene rings is 2. The summed E-state index contributed by atoms with van der Waals surface area (Å²) in [6.07, 6.45) is 0.550. The van der Waals surface area contributed by atoms with Crippen molar-refractivity contribution < 1.29 is 23.8 Å². The summed E-state index contributed by atoms with van der Waals surface area (Å²) in [5, 5.41) is 9.92. The first-order valence-corrected chi connectivity index (χ1v) is 9.12. The van der Waals surface area contributed by atoms with Gasteiger partial charge >= 0.3 is 5.97 Å². The second-order valence-electron chi connectivity index (χ2n) is 5.73. The maximum absolute atomic E-state index is 13.0. The Labute approximate surface area is 160 Å². The van der Waals surface area contributed by atoms with Gasteiger partial charge in [-0.15, -0.1) is 11.3 Å². The molecular formula is C20H18FNO4S. The summed E-state index contributed by atoms with van der Waals surface area (Å²) in [4.78, 5) is 16.0. The van der Waals surface area contributed by atoms with Gasteiger partial charge in [0, 0.05) is 5.56 Å². The van der Waals surface area contributed by atoms with Crippen molar-refractivity contribution in [3.05, 3.63) is 64.4 Å². The molecule has 0 atom stereocenters. The molecule has 0 saturated heterocycles. The van der Waals surface area contributed by atoms with Crippen LogP contribution in [0.3, 0.4) is 0 Å². The smallest absolute Gasteiger partial charge is 0.347 e. The summed E-state index contributed by atoms with van der Waals surface area (Å²) in [7, 11) is 1.53. The molecule has 1 aromatic heterocycles. The first-order valence-electron chi connectivity index (χ1n) is 8.30. The van der Waals surface area contributed by atoms with E-state index in [2.05, 4.69) is 4.98 Å². The van der Waals surface area contributed by atoms with Crippen LogP contribution in [0.25, 0.3) is 10.6 Å². The van der Waals surface area contributed by atoms with Gasteiger partial charge in [-0.2, -0.15) is 0 Å². The number of aryl methyl sites for hydroxylation is 1. The lowest BCUT2D eigenvalue weighted by Crippen LogP contribution is -1.98. The van der Waals surface area contributed by atoms with Gasteiger partial charge in [0.05, 0.1) is 12.8 Å². The molecular weight excluding hydrogens is 369 g/mol. The summed E-state index contributed by atoms with van der Waals surface area (Å²) in [5.41, 5.74) is 2.16. The molecule has 0 aliphatic heterocycles. The van der Waals surface area contributed by atoms with Gasteiger partial charge in [-0.1, -0.05) is 19.1 Å². The predicted molar refractivity (Wildman–Crippen MR) is 101 cm³/mol. The van der Waals surface area contributed by atoms with Crippen molar-refractivity contribution >= 4 is 17.3 Å². The minimum absolute atomic E-state index is 0.253. The molecule has 3 aromatic rings. The van der Waals surface area contributed by atoms with Crippen LogP contribution in [-0.2, 0) is 13.0 Å². The lowest BCUT2D eigenvalue weighted by Gasteiger charge is -2.11. The zero-order chi connectivity index (χ0) is 19.4. The van der Waals surface area contributed by atoms with Crippen molar-refractivity contribution in [2.75, 3.05) is 7.11 Å². The van der Waals surface area contributed by atoms with Gasteiger partial charge in [0.2, 0.25) is 0 Å². The molecule has 0 bridgehead atoms. The number of halogens is 1. The van der Waals surface area contributed by atoms with Crippen molar-refractivity contribution in [1.82, 2.24) is 4.98 Å². The summed E-state index contributed by atoms with van der Waals surface area (Å²) < 4.78 is 24.2. The number of aromatic nitrogens is 1. The standard InChI is InChI=1S/C20H18FNO4S/c1-3-15-18(20(23)24)27-19(22-15)13-6-9-16(17(10-13)25-2)26-11-12-4-7-14(21)8-5-12/h4-10H,3,11H2,1-2H3,(H,23,24). The van der Waals surface area contributed by atoms with E-state index in [4.69, 9.17) is 9.47 Å². The number of ether oxygens (including phenoxy) is 2. The molecule has 0 amide bonds. The van der Waals surface area contributed by atoms with Crippen molar-refractivity contribution in [2.45, 2.75) is 20.0 Å². The number of hydrogen-bond donors (Lipinski definition) is 1. The van der Waals surface area contributed by atoms with E-state index in [0.717, 1.165) is 22.5 Å². The number of carbonyl (C=O) groups is 1. The van der Waals surface area contributed by atoms with Crippen LogP contribution in [0.15, 0.2) is 42.5 Å². The molecule has 0 aliphatic rings. The van der Waals surface area contributed by atoms with E-state index >= 15 is 0 Å². The number of carboxylic acids is 1. The Morgan fingerprint density at radius 2 is 1.93 bits per heavy atom. The Kier molecular flexibility index (Phi) is 5.71. The van der Waals surface area contributed by atoms with E-state index in [-0.39, 0.29) is 17.3 Å². The molecule has 0 spiro atoms. The molecule has 2 aromatic carbocycles. The molecule has 0 radical (unpaired) electrons. The normalized spacial score (nSPS) is 10.6. The van der Waals surface area contributed by atoms with Crippen LogP contribution in [0.1, 0.15) is 27.9 Å². The third-order valence-electron chi connectivity index (χ3n) is 3.94. The van der Waals surface area contributed by atoms with Crippen LogP contribution in [0.4, 0.5) is 4.39 Å². The fourth-order valence-corrected chi connectivity index (χ4v) is 3.53. The molecule has 27 heavy (non-hydrogen) atoms. The largest absolute Gasteiger partial charge is 0.493 e. The fourth-order valence-electron chi connectivity index (χ4n) is 2.54. The second kappa shape index (κ2) is 8.18. The van der Waals surface area contributed by atoms with Crippen LogP contribution in [0.5, 0.6) is 11.5 Å². The summed E-state index contributed by atoms with van der Waals surface area (Å²) in [6, 6.07) is 11.4. The Morgan fingerprint density at radius 3 is 2.52 bits per heavy atom. The molecule has 140 valence electrons. The number of hydrogen-bond acceptors (Lipinski definition) is 5. The van der Waals surface area contributed by atoms with Crippen molar-refractivity contribution in [3.63, 3.8) is 0 Å². The van der Waals surface area contributed by atoms with Crippen LogP contribution in [-0.4, -0.2) is 23.2 Å². The monoisotopic (exact) mass is 387 g/mol. The predicted octanol–water partition coefficient (Wildman–Crippen LogP) is 4.80. The van der Waals surface area contributed by atoms with E-state index in [1.165, 1.54) is 19.2 Å². The lowest BCUT2D eigenvalue weighted by atomic mass is 10.2. The maximum atomic E-state index is 13.0. The minimum Gasteiger partial charge on any atom is -0.493 e. The van der Waals surface area contributed by atoms with E-state index in [9.17, 15) is 14.3 Å². The van der Waals surface area contributed by atoms with Gasteiger partial charge in [0.25, 0.3) is 0 Å². The average Bonchev–Trinajstić information content (AvgIpc) is 3.12. The Balaban J connectivity index is 1.83. The topological polar surface area (TPSA) is 68.7 Å². The molecule has 7 heteroatoms. The van der Waals surface area contributed by atoms with Crippen LogP contribution < -0.4 is 9.47 Å². The van der Waals surface area contributed by atoms with Gasteiger partial charge in [0.1, 0.15) is 22.3 Å². The van der Waals surface area contributed by atoms with Gasteiger partial charge in [-0.25, -0.2) is 14.2 Å². The second-order valence-corrected chi connectivity index (χ2v) is 6.73. The molecule has 0 aliphatic carbocycles. The van der Waals surface area contributed by atoms with Crippen molar-refractivity contribution in [3.8, 4) is 22.1 Å². The molecule has 0 fully saturated rings. The number of aromatic carboxylic acids is 1. The van der Waals surface area contributed by atoms with Gasteiger partial charge in [-0.3, -0.25) is 0 Å². The van der Waals surface area contributed by atoms with Crippen molar-refractivity contribution in [1.29, 1.82) is 0 Å². The summed E-state index contributed by atoms with van der Waals surface area (Å²) in [6.45, 7) is 2.15. The Morgan fingerprint density at radius 1 is 1.19 bits per heavy atom. The zero-order valence-electron chi connectivity index (χ0n) is 14.9. The Bertz CT molecular complexity index is 953. The van der Waals surface area contributed by atoms with E-state index in [0.29, 0.717) is 28.6 Å². The quantitative estimate of drug-likeness (QED) is 0.631. The fraction of sp³-hybridized carbons (Fsp3) is 0.200. The first kappa shape index (κ1) is 18.8. The van der Waals surface area contributed by atoms with Gasteiger partial charge in [0.15, 0.2) is 11.5 Å². The number of rotatable bonds is 7. The van der Waals surface area contributed by atoms with Gasteiger partial charge in [-0.05, 0) is 42.3 Å². The van der Waals surface area contributed by atoms with Crippen LogP contribution in [0.2, 0.25) is 0 Å². The zero-order valence-corrected chi connectivity index (χ0v) is 15.7. The average molecular weight is 387 g/mol. The minimum atomic E-state index is -0.971. The third kappa shape index (κ3) is 4.25. The highest BCUT2D eigenvalue weighted by molar-refractivity contribution is 7.17. The van der Waals surface area contributed by atoms with Crippen LogP contribution in [0, 0.1) is 5.82 Å². The van der Waals surface area contributed by atoms with Crippen molar-refractivity contribution in [2.24, 2.45) is 0 Å². The molecule has 5 nitrogen and oxygen atoms in total. The van der Waals surface area contributed by atoms with E-state index in [1.807, 2.05) is 13.0 Å². The van der Waals surface area contributed by atoms with E-state index in [1.54, 1.807) is 24.3 Å². The molecule has 0 saturated carbocycles. The summed E-state index contributed by atoms with van der Waals surface area (Å²) in [5.74, 6) is -0.214. The molecule has 0 unspecified atom stereocenters. The number of thiazole rings is 1. The van der Waals surface area contributed by atoms with E-state index < -0.39 is 5.97 Å². The third-order valence-corrected chi connectivity index (χ3v) is 5.08. The number of methoxy groups -OCH3 is 1. The lowest BCUT2D eigenvalue weighted by molar-refractivity contribution is 0.0701. The first-order chi connectivity index (χ1) is 13.0. The SMILES string of the molecule is CCc1nc(-c2ccc(OCc3ccc(F)cc3)c(OC)c2)sc1C(=O)O. The highest BCUT2D eigenvalue weighted by Crippen LogP contribution is 2.35. The molecule has 1 heterocycles.